The summed E-state index contributed by atoms with van der Waals surface area (Å²) >= 11 is 0. The summed E-state index contributed by atoms with van der Waals surface area (Å²) in [6.07, 6.45) is 0.225. The molecule has 1 fully saturated rings. The van der Waals surface area contributed by atoms with Crippen LogP contribution in [0.5, 0.6) is 0 Å². The van der Waals surface area contributed by atoms with Gasteiger partial charge in [0.1, 0.15) is 0 Å². The molecule has 28 heavy (non-hydrogen) atoms. The molecule has 3 aromatic rings. The molecule has 0 bridgehead atoms. The van der Waals surface area contributed by atoms with Crippen LogP contribution in [0, 0.1) is 0 Å². The number of aromatic nitrogens is 2. The summed E-state index contributed by atoms with van der Waals surface area (Å²) in [5, 5.41) is 18.8. The van der Waals surface area contributed by atoms with Crippen LogP contribution in [0.4, 0.5) is 0 Å². The van der Waals surface area contributed by atoms with E-state index in [0.29, 0.717) is 31.3 Å². The molecule has 1 aliphatic heterocycles. The number of rotatable bonds is 7. The number of piperazine rings is 1. The summed E-state index contributed by atoms with van der Waals surface area (Å²) in [4.78, 5) is 4.63. The molecular weight excluding hydrogens is 352 g/mol. The zero-order valence-electron chi connectivity index (χ0n) is 15.9. The maximum absolute atomic E-state index is 10.4. The van der Waals surface area contributed by atoms with Gasteiger partial charge in [0.15, 0.2) is 0 Å². The Morgan fingerprint density at radius 2 is 1.43 bits per heavy atom. The maximum Gasteiger partial charge on any atom is 0.230 e. The fourth-order valence-corrected chi connectivity index (χ4v) is 3.54. The maximum atomic E-state index is 10.4. The summed E-state index contributed by atoms with van der Waals surface area (Å²) in [6, 6.07) is 20.0. The van der Waals surface area contributed by atoms with E-state index in [1.807, 2.05) is 48.5 Å². The first-order valence-electron chi connectivity index (χ1n) is 9.79. The van der Waals surface area contributed by atoms with Gasteiger partial charge >= 0.3 is 0 Å². The Morgan fingerprint density at radius 1 is 0.821 bits per heavy atom. The van der Waals surface area contributed by atoms with Crippen molar-refractivity contribution in [3.63, 3.8) is 0 Å². The standard InChI is InChI=1S/C22H26N4O2/c27-20(19-9-5-2-6-10-19)16-25-11-13-26(14-12-25)17-22-24-23-21(28-22)15-18-7-3-1-4-8-18/h1-10,20,27H,11-17H2. The molecule has 6 heteroatoms. The quantitative estimate of drug-likeness (QED) is 0.682. The van der Waals surface area contributed by atoms with Crippen LogP contribution < -0.4 is 0 Å². The largest absolute Gasteiger partial charge is 0.424 e. The van der Waals surface area contributed by atoms with E-state index in [2.05, 4.69) is 32.1 Å². The number of hydrogen-bond acceptors (Lipinski definition) is 6. The van der Waals surface area contributed by atoms with E-state index in [4.69, 9.17) is 4.42 Å². The smallest absolute Gasteiger partial charge is 0.230 e. The Balaban J connectivity index is 1.23. The van der Waals surface area contributed by atoms with Crippen LogP contribution in [-0.2, 0) is 13.0 Å². The van der Waals surface area contributed by atoms with Crippen molar-refractivity contribution < 1.29 is 9.52 Å². The molecule has 0 amide bonds. The average Bonchev–Trinajstić information content (AvgIpc) is 3.17. The van der Waals surface area contributed by atoms with E-state index in [-0.39, 0.29) is 0 Å². The molecule has 1 atom stereocenters. The number of nitrogens with zero attached hydrogens (tertiary/aromatic N) is 4. The fourth-order valence-electron chi connectivity index (χ4n) is 3.54. The van der Waals surface area contributed by atoms with E-state index in [9.17, 15) is 5.11 Å². The van der Waals surface area contributed by atoms with E-state index in [1.165, 1.54) is 5.56 Å². The van der Waals surface area contributed by atoms with Gasteiger partial charge in [-0.2, -0.15) is 0 Å². The first kappa shape index (κ1) is 18.8. The normalized spacial score (nSPS) is 16.9. The number of benzene rings is 2. The molecule has 1 saturated heterocycles. The lowest BCUT2D eigenvalue weighted by molar-refractivity contribution is 0.0670. The molecule has 1 aliphatic rings. The number of β-amino-alcohol motifs (C(OH)–C–C–N with tert-alkyl or cyclic N) is 1. The molecule has 4 rings (SSSR count). The lowest BCUT2D eigenvalue weighted by Gasteiger charge is -2.35. The second-order valence-electron chi connectivity index (χ2n) is 7.26. The molecule has 2 heterocycles. The molecule has 0 radical (unpaired) electrons. The van der Waals surface area contributed by atoms with Crippen LogP contribution in [0.25, 0.3) is 0 Å². The van der Waals surface area contributed by atoms with Crippen LogP contribution in [0.1, 0.15) is 29.0 Å². The Bertz CT molecular complexity index is 845. The van der Waals surface area contributed by atoms with Crippen molar-refractivity contribution in [1.82, 2.24) is 20.0 Å². The zero-order valence-corrected chi connectivity index (χ0v) is 15.9. The van der Waals surface area contributed by atoms with Crippen LogP contribution in [0.15, 0.2) is 65.1 Å². The predicted octanol–water partition coefficient (Wildman–Crippen LogP) is 2.51. The topological polar surface area (TPSA) is 65.6 Å². The molecule has 1 unspecified atom stereocenters. The summed E-state index contributed by atoms with van der Waals surface area (Å²) < 4.78 is 5.82. The monoisotopic (exact) mass is 378 g/mol. The minimum atomic E-state index is -0.441. The van der Waals surface area contributed by atoms with Gasteiger partial charge in [-0.1, -0.05) is 60.7 Å². The molecule has 0 saturated carbocycles. The highest BCUT2D eigenvalue weighted by molar-refractivity contribution is 5.18. The minimum absolute atomic E-state index is 0.441. The Hall–Kier alpha value is -2.54. The molecule has 0 aliphatic carbocycles. The predicted molar refractivity (Wildman–Crippen MR) is 107 cm³/mol. The lowest BCUT2D eigenvalue weighted by Crippen LogP contribution is -2.47. The Kier molecular flexibility index (Phi) is 6.11. The van der Waals surface area contributed by atoms with Crippen LogP contribution in [-0.4, -0.2) is 57.8 Å². The fraction of sp³-hybridized carbons (Fsp3) is 0.364. The van der Waals surface area contributed by atoms with Gasteiger partial charge in [0.25, 0.3) is 0 Å². The molecule has 1 N–H and O–H groups in total. The SMILES string of the molecule is OC(CN1CCN(Cc2nnc(Cc3ccccc3)o2)CC1)c1ccccc1. The van der Waals surface area contributed by atoms with Gasteiger partial charge in [0.2, 0.25) is 11.8 Å². The third-order valence-electron chi connectivity index (χ3n) is 5.15. The number of hydrogen-bond donors (Lipinski definition) is 1. The molecule has 2 aromatic carbocycles. The van der Waals surface area contributed by atoms with Gasteiger partial charge in [-0.05, 0) is 11.1 Å². The Labute approximate surface area is 165 Å². The highest BCUT2D eigenvalue weighted by Crippen LogP contribution is 2.16. The van der Waals surface area contributed by atoms with Crippen LogP contribution in [0.3, 0.4) is 0 Å². The molecule has 1 aromatic heterocycles. The average molecular weight is 378 g/mol. The van der Waals surface area contributed by atoms with Crippen molar-refractivity contribution in [2.75, 3.05) is 32.7 Å². The second-order valence-corrected chi connectivity index (χ2v) is 7.26. The van der Waals surface area contributed by atoms with Crippen molar-refractivity contribution in [3.05, 3.63) is 83.6 Å². The zero-order chi connectivity index (χ0) is 19.2. The van der Waals surface area contributed by atoms with Crippen molar-refractivity contribution in [1.29, 1.82) is 0 Å². The lowest BCUT2D eigenvalue weighted by atomic mass is 10.1. The van der Waals surface area contributed by atoms with Crippen molar-refractivity contribution in [2.45, 2.75) is 19.1 Å². The first-order valence-corrected chi connectivity index (χ1v) is 9.79. The summed E-state index contributed by atoms with van der Waals surface area (Å²) in [7, 11) is 0. The van der Waals surface area contributed by atoms with Crippen molar-refractivity contribution in [3.8, 4) is 0 Å². The second kappa shape index (κ2) is 9.10. The molecule has 0 spiro atoms. The van der Waals surface area contributed by atoms with Gasteiger partial charge in [-0.25, -0.2) is 0 Å². The third kappa shape index (κ3) is 5.04. The van der Waals surface area contributed by atoms with Gasteiger partial charge in [0, 0.05) is 32.7 Å². The van der Waals surface area contributed by atoms with Crippen molar-refractivity contribution >= 4 is 0 Å². The van der Waals surface area contributed by atoms with E-state index in [0.717, 1.165) is 31.7 Å². The van der Waals surface area contributed by atoms with Crippen LogP contribution >= 0.6 is 0 Å². The molecule has 146 valence electrons. The Morgan fingerprint density at radius 3 is 2.14 bits per heavy atom. The van der Waals surface area contributed by atoms with E-state index < -0.39 is 6.10 Å². The van der Waals surface area contributed by atoms with Gasteiger partial charge in [-0.15, -0.1) is 10.2 Å². The van der Waals surface area contributed by atoms with Crippen molar-refractivity contribution in [2.24, 2.45) is 0 Å². The molecule has 6 nitrogen and oxygen atoms in total. The number of aliphatic hydroxyl groups is 1. The summed E-state index contributed by atoms with van der Waals surface area (Å²) in [5.41, 5.74) is 2.14. The van der Waals surface area contributed by atoms with E-state index in [1.54, 1.807) is 0 Å². The minimum Gasteiger partial charge on any atom is -0.424 e. The van der Waals surface area contributed by atoms with Gasteiger partial charge in [0.05, 0.1) is 19.1 Å². The molecular formula is C22H26N4O2. The summed E-state index contributed by atoms with van der Waals surface area (Å²) in [6.45, 7) is 5.05. The highest BCUT2D eigenvalue weighted by Gasteiger charge is 2.21. The van der Waals surface area contributed by atoms with Crippen LogP contribution in [0.2, 0.25) is 0 Å². The highest BCUT2D eigenvalue weighted by atomic mass is 16.4. The van der Waals surface area contributed by atoms with E-state index >= 15 is 0 Å². The third-order valence-corrected chi connectivity index (χ3v) is 5.15. The van der Waals surface area contributed by atoms with Gasteiger partial charge < -0.3 is 9.52 Å². The first-order chi connectivity index (χ1) is 13.8. The van der Waals surface area contributed by atoms with Gasteiger partial charge in [-0.3, -0.25) is 9.80 Å². The summed E-state index contributed by atoms with van der Waals surface area (Å²) in [5.74, 6) is 1.33. The number of aliphatic hydroxyl groups excluding tert-OH is 1.